The Morgan fingerprint density at radius 2 is 1.86 bits per heavy atom. The fraction of sp³-hybridized carbons (Fsp3) is 0.250. The molecule has 1 unspecified atom stereocenters. The predicted molar refractivity (Wildman–Crippen MR) is 90.7 cm³/mol. The van der Waals surface area contributed by atoms with E-state index in [1.54, 1.807) is 24.3 Å². The van der Waals surface area contributed by atoms with E-state index in [1.807, 2.05) is 13.0 Å². The first-order chi connectivity index (χ1) is 10.0. The molecule has 0 heterocycles. The molecule has 0 aliphatic rings. The zero-order valence-electron chi connectivity index (χ0n) is 11.5. The van der Waals surface area contributed by atoms with Gasteiger partial charge in [-0.1, -0.05) is 58.2 Å². The molecule has 0 bridgehead atoms. The molecule has 0 saturated carbocycles. The first kappa shape index (κ1) is 16.8. The van der Waals surface area contributed by atoms with E-state index in [9.17, 15) is 4.39 Å². The van der Waals surface area contributed by atoms with E-state index in [0.717, 1.165) is 16.6 Å². The van der Waals surface area contributed by atoms with Crippen molar-refractivity contribution in [2.24, 2.45) is 0 Å². The minimum Gasteiger partial charge on any atom is -0.310 e. The van der Waals surface area contributed by atoms with Crippen LogP contribution in [0, 0.1) is 5.82 Å². The van der Waals surface area contributed by atoms with Gasteiger partial charge in [0.1, 0.15) is 5.82 Å². The Labute approximate surface area is 142 Å². The van der Waals surface area contributed by atoms with Crippen molar-refractivity contribution in [1.29, 1.82) is 0 Å². The molecule has 0 aliphatic heterocycles. The van der Waals surface area contributed by atoms with E-state index >= 15 is 0 Å². The van der Waals surface area contributed by atoms with E-state index in [4.69, 9.17) is 23.2 Å². The van der Waals surface area contributed by atoms with Crippen LogP contribution in [0.3, 0.4) is 0 Å². The highest BCUT2D eigenvalue weighted by Gasteiger charge is 2.18. The fourth-order valence-electron chi connectivity index (χ4n) is 2.25. The molecule has 2 aromatic carbocycles. The maximum absolute atomic E-state index is 14.2. The van der Waals surface area contributed by atoms with Gasteiger partial charge in [-0.2, -0.15) is 0 Å². The normalized spacial score (nSPS) is 12.4. The molecule has 21 heavy (non-hydrogen) atoms. The van der Waals surface area contributed by atoms with Crippen molar-refractivity contribution < 1.29 is 4.39 Å². The molecule has 5 heteroatoms. The molecule has 112 valence electrons. The van der Waals surface area contributed by atoms with Crippen LogP contribution in [0.5, 0.6) is 0 Å². The molecule has 0 amide bonds. The molecule has 1 atom stereocenters. The lowest BCUT2D eigenvalue weighted by Crippen LogP contribution is -2.24. The van der Waals surface area contributed by atoms with E-state index < -0.39 is 0 Å². The number of benzene rings is 2. The second kappa shape index (κ2) is 7.59. The summed E-state index contributed by atoms with van der Waals surface area (Å²) >= 11 is 15.7. The van der Waals surface area contributed by atoms with Crippen LogP contribution >= 0.6 is 39.1 Å². The lowest BCUT2D eigenvalue weighted by molar-refractivity contribution is 0.510. The number of likely N-dealkylation sites (N-methyl/N-ethyl adjacent to an activating group) is 1. The van der Waals surface area contributed by atoms with Gasteiger partial charge in [0.05, 0.1) is 0 Å². The topological polar surface area (TPSA) is 12.0 Å². The van der Waals surface area contributed by atoms with Gasteiger partial charge in [-0.25, -0.2) is 4.39 Å². The molecule has 0 saturated heterocycles. The lowest BCUT2D eigenvalue weighted by Gasteiger charge is -2.20. The Hall–Kier alpha value is -0.610. The predicted octanol–water partition coefficient (Wildman–Crippen LogP) is 5.79. The molecular weight excluding hydrogens is 376 g/mol. The maximum Gasteiger partial charge on any atom is 0.129 e. The summed E-state index contributed by atoms with van der Waals surface area (Å²) < 4.78 is 14.9. The van der Waals surface area contributed by atoms with Crippen LogP contribution in [0.25, 0.3) is 0 Å². The van der Waals surface area contributed by atoms with E-state index in [-0.39, 0.29) is 11.9 Å². The van der Waals surface area contributed by atoms with Crippen molar-refractivity contribution in [3.8, 4) is 0 Å². The van der Waals surface area contributed by atoms with Crippen LogP contribution in [-0.2, 0) is 6.42 Å². The summed E-state index contributed by atoms with van der Waals surface area (Å²) in [6.45, 7) is 2.71. The highest BCUT2D eigenvalue weighted by Crippen LogP contribution is 2.30. The van der Waals surface area contributed by atoms with Crippen LogP contribution in [0.15, 0.2) is 40.9 Å². The molecule has 0 spiro atoms. The number of hydrogen-bond acceptors (Lipinski definition) is 1. The third kappa shape index (κ3) is 4.19. The minimum atomic E-state index is -0.251. The van der Waals surface area contributed by atoms with Gasteiger partial charge in [0, 0.05) is 26.1 Å². The largest absolute Gasteiger partial charge is 0.310 e. The average molecular weight is 391 g/mol. The smallest absolute Gasteiger partial charge is 0.129 e. The van der Waals surface area contributed by atoms with Gasteiger partial charge in [0.15, 0.2) is 0 Å². The second-order valence-corrected chi connectivity index (χ2v) is 6.41. The molecule has 0 aliphatic carbocycles. The zero-order valence-corrected chi connectivity index (χ0v) is 14.6. The van der Waals surface area contributed by atoms with Gasteiger partial charge in [-0.15, -0.1) is 0 Å². The van der Waals surface area contributed by atoms with E-state index in [2.05, 4.69) is 21.2 Å². The number of hydrogen-bond donors (Lipinski definition) is 1. The minimum absolute atomic E-state index is 0.180. The molecule has 0 fully saturated rings. The summed E-state index contributed by atoms with van der Waals surface area (Å²) in [7, 11) is 0. The molecule has 0 aromatic heterocycles. The quantitative estimate of drug-likeness (QED) is 0.681. The summed E-state index contributed by atoms with van der Waals surface area (Å²) in [6.07, 6.45) is 0.533. The lowest BCUT2D eigenvalue weighted by atomic mass is 9.98. The number of halogens is 4. The first-order valence-electron chi connectivity index (χ1n) is 6.64. The summed E-state index contributed by atoms with van der Waals surface area (Å²) in [5.41, 5.74) is 1.44. The van der Waals surface area contributed by atoms with Gasteiger partial charge in [-0.05, 0) is 42.8 Å². The van der Waals surface area contributed by atoms with Gasteiger partial charge in [0.25, 0.3) is 0 Å². The highest BCUT2D eigenvalue weighted by atomic mass is 79.9. The fourth-order valence-corrected chi connectivity index (χ4v) is 3.14. The zero-order chi connectivity index (χ0) is 15.4. The van der Waals surface area contributed by atoms with Crippen LogP contribution in [0.2, 0.25) is 10.0 Å². The standard InChI is InChI=1S/C16H15BrCl2FN/c1-2-21-16(11-7-6-10(17)8-15(11)20)9-12-13(18)4-3-5-14(12)19/h3-8,16,21H,2,9H2,1H3. The number of rotatable bonds is 5. The van der Waals surface area contributed by atoms with Crippen molar-refractivity contribution in [2.45, 2.75) is 19.4 Å². The third-order valence-corrected chi connectivity index (χ3v) is 4.46. The van der Waals surface area contributed by atoms with Gasteiger partial charge < -0.3 is 5.32 Å². The average Bonchev–Trinajstić information content (AvgIpc) is 2.42. The van der Waals surface area contributed by atoms with Crippen molar-refractivity contribution in [2.75, 3.05) is 6.54 Å². The molecular formula is C16H15BrCl2FN. The third-order valence-electron chi connectivity index (χ3n) is 3.26. The molecule has 2 aromatic rings. The Bertz CT molecular complexity index is 613. The van der Waals surface area contributed by atoms with Crippen molar-refractivity contribution in [3.63, 3.8) is 0 Å². The first-order valence-corrected chi connectivity index (χ1v) is 8.19. The van der Waals surface area contributed by atoms with E-state index in [1.165, 1.54) is 6.07 Å². The SMILES string of the molecule is CCNC(Cc1c(Cl)cccc1Cl)c1ccc(Br)cc1F. The Morgan fingerprint density at radius 3 is 2.43 bits per heavy atom. The molecule has 0 radical (unpaired) electrons. The summed E-state index contributed by atoms with van der Waals surface area (Å²) in [5, 5.41) is 4.49. The van der Waals surface area contributed by atoms with Crippen molar-refractivity contribution in [3.05, 3.63) is 67.9 Å². The van der Waals surface area contributed by atoms with Crippen LogP contribution < -0.4 is 5.32 Å². The number of nitrogens with one attached hydrogen (secondary N) is 1. The maximum atomic E-state index is 14.2. The van der Waals surface area contributed by atoms with Crippen LogP contribution in [0.1, 0.15) is 24.1 Å². The van der Waals surface area contributed by atoms with Gasteiger partial charge >= 0.3 is 0 Å². The second-order valence-electron chi connectivity index (χ2n) is 4.68. The van der Waals surface area contributed by atoms with E-state index in [0.29, 0.717) is 22.0 Å². The Morgan fingerprint density at radius 1 is 1.19 bits per heavy atom. The summed E-state index contributed by atoms with van der Waals surface area (Å²) in [5.74, 6) is -0.251. The molecule has 2 rings (SSSR count). The van der Waals surface area contributed by atoms with Gasteiger partial charge in [0.2, 0.25) is 0 Å². The monoisotopic (exact) mass is 389 g/mol. The Kier molecular flexibility index (Phi) is 6.06. The molecule has 1 nitrogen and oxygen atoms in total. The highest BCUT2D eigenvalue weighted by molar-refractivity contribution is 9.10. The summed E-state index contributed by atoms with van der Waals surface area (Å²) in [4.78, 5) is 0. The Balaban J connectivity index is 2.35. The summed E-state index contributed by atoms with van der Waals surface area (Å²) in [6, 6.07) is 10.3. The van der Waals surface area contributed by atoms with Crippen molar-refractivity contribution >= 4 is 39.1 Å². The molecule has 1 N–H and O–H groups in total. The van der Waals surface area contributed by atoms with Crippen LogP contribution in [0.4, 0.5) is 4.39 Å². The van der Waals surface area contributed by atoms with Crippen molar-refractivity contribution in [1.82, 2.24) is 5.32 Å². The van der Waals surface area contributed by atoms with Gasteiger partial charge in [-0.3, -0.25) is 0 Å². The van der Waals surface area contributed by atoms with Crippen LogP contribution in [-0.4, -0.2) is 6.54 Å².